The lowest BCUT2D eigenvalue weighted by atomic mass is 10.3. The van der Waals surface area contributed by atoms with Crippen LogP contribution in [0.4, 0.5) is 0 Å². The number of aryl methyl sites for hydroxylation is 2. The van der Waals surface area contributed by atoms with Crippen molar-refractivity contribution in [2.24, 2.45) is 7.05 Å². The predicted molar refractivity (Wildman–Crippen MR) is 49.9 cm³/mol. The fraction of sp³-hybridized carbons (Fsp3) is 0.667. The summed E-state index contributed by atoms with van der Waals surface area (Å²) in [5.41, 5.74) is 1.85. The molecule has 1 atom stereocenters. The van der Waals surface area contributed by atoms with Gasteiger partial charge in [-0.25, -0.2) is 0 Å². The second kappa shape index (κ2) is 3.79. The Morgan fingerprint density at radius 3 is 2.54 bits per heavy atom. The molecule has 4 nitrogen and oxygen atoms in total. The molecule has 74 valence electrons. The highest BCUT2D eigenvalue weighted by molar-refractivity contribution is 5.31. The number of nitrogens with zero attached hydrogens (tertiary/aromatic N) is 2. The molecule has 0 radical (unpaired) electrons. The summed E-state index contributed by atoms with van der Waals surface area (Å²) in [4.78, 5) is 0. The lowest BCUT2D eigenvalue weighted by Crippen LogP contribution is -2.13. The van der Waals surface area contributed by atoms with Gasteiger partial charge in [0.05, 0.1) is 11.8 Å². The molecular weight excluding hydrogens is 168 g/mol. The minimum Gasteiger partial charge on any atom is -0.487 e. The van der Waals surface area contributed by atoms with Crippen LogP contribution in [-0.4, -0.2) is 27.6 Å². The summed E-state index contributed by atoms with van der Waals surface area (Å²) in [6, 6.07) is 0. The standard InChI is InChI=1S/C9H16N2O2/c1-6(12)5-13-9-7(2)10-11(4)8(9)3/h6,12H,5H2,1-4H3/t6-/m1/s1. The third-order valence-corrected chi connectivity index (χ3v) is 1.91. The highest BCUT2D eigenvalue weighted by Crippen LogP contribution is 2.21. The number of rotatable bonds is 3. The van der Waals surface area contributed by atoms with E-state index in [-0.39, 0.29) is 0 Å². The number of aromatic nitrogens is 2. The van der Waals surface area contributed by atoms with Crippen molar-refractivity contribution in [1.82, 2.24) is 9.78 Å². The van der Waals surface area contributed by atoms with E-state index in [1.807, 2.05) is 20.9 Å². The topological polar surface area (TPSA) is 47.3 Å². The van der Waals surface area contributed by atoms with Gasteiger partial charge in [0.1, 0.15) is 12.3 Å². The average Bonchev–Trinajstić information content (AvgIpc) is 2.24. The first-order valence-electron chi connectivity index (χ1n) is 4.33. The Hall–Kier alpha value is -1.03. The molecule has 4 heteroatoms. The van der Waals surface area contributed by atoms with Crippen LogP contribution >= 0.6 is 0 Å². The first-order valence-corrected chi connectivity index (χ1v) is 4.33. The van der Waals surface area contributed by atoms with Gasteiger partial charge in [-0.15, -0.1) is 0 Å². The summed E-state index contributed by atoms with van der Waals surface area (Å²) in [7, 11) is 1.87. The molecule has 1 heterocycles. The van der Waals surface area contributed by atoms with Crippen molar-refractivity contribution in [1.29, 1.82) is 0 Å². The molecule has 1 aromatic rings. The van der Waals surface area contributed by atoms with Crippen LogP contribution < -0.4 is 4.74 Å². The zero-order valence-electron chi connectivity index (χ0n) is 8.53. The van der Waals surface area contributed by atoms with Gasteiger partial charge in [0.25, 0.3) is 0 Å². The van der Waals surface area contributed by atoms with Gasteiger partial charge in [-0.1, -0.05) is 0 Å². The molecule has 1 rings (SSSR count). The van der Waals surface area contributed by atoms with E-state index in [0.29, 0.717) is 6.61 Å². The fourth-order valence-electron chi connectivity index (χ4n) is 1.17. The van der Waals surface area contributed by atoms with Crippen molar-refractivity contribution < 1.29 is 9.84 Å². The van der Waals surface area contributed by atoms with E-state index in [9.17, 15) is 0 Å². The molecule has 0 unspecified atom stereocenters. The van der Waals surface area contributed by atoms with Gasteiger partial charge in [-0.2, -0.15) is 5.10 Å². The summed E-state index contributed by atoms with van der Waals surface area (Å²) in [6.07, 6.45) is -0.445. The molecule has 0 amide bonds. The largest absolute Gasteiger partial charge is 0.487 e. The zero-order chi connectivity index (χ0) is 10.0. The number of aliphatic hydroxyl groups is 1. The summed E-state index contributed by atoms with van der Waals surface area (Å²) < 4.78 is 7.19. The molecule has 0 aliphatic carbocycles. The van der Waals surface area contributed by atoms with Crippen molar-refractivity contribution in [3.63, 3.8) is 0 Å². The van der Waals surface area contributed by atoms with Crippen LogP contribution in [0.2, 0.25) is 0 Å². The number of hydrogen-bond acceptors (Lipinski definition) is 3. The highest BCUT2D eigenvalue weighted by Gasteiger charge is 2.10. The predicted octanol–water partition coefficient (Wildman–Crippen LogP) is 0.797. The maximum Gasteiger partial charge on any atom is 0.163 e. The van der Waals surface area contributed by atoms with E-state index in [1.54, 1.807) is 11.6 Å². The molecule has 0 aliphatic rings. The molecule has 0 spiro atoms. The summed E-state index contributed by atoms with van der Waals surface area (Å²) in [5.74, 6) is 0.781. The lowest BCUT2D eigenvalue weighted by molar-refractivity contribution is 0.122. The SMILES string of the molecule is Cc1nn(C)c(C)c1OC[C@@H](C)O. The van der Waals surface area contributed by atoms with Crippen LogP contribution in [0.15, 0.2) is 0 Å². The smallest absolute Gasteiger partial charge is 0.163 e. The normalized spacial score (nSPS) is 13.0. The quantitative estimate of drug-likeness (QED) is 0.755. The summed E-state index contributed by atoms with van der Waals surface area (Å²) in [6.45, 7) is 5.84. The average molecular weight is 184 g/mol. The monoisotopic (exact) mass is 184 g/mol. The molecule has 1 N–H and O–H groups in total. The lowest BCUT2D eigenvalue weighted by Gasteiger charge is -2.07. The van der Waals surface area contributed by atoms with Gasteiger partial charge in [-0.3, -0.25) is 4.68 Å². The summed E-state index contributed by atoms with van der Waals surface area (Å²) in [5, 5.41) is 13.2. The van der Waals surface area contributed by atoms with E-state index < -0.39 is 6.10 Å². The molecular formula is C9H16N2O2. The Kier molecular flexibility index (Phi) is 2.93. The van der Waals surface area contributed by atoms with Crippen molar-refractivity contribution in [3.05, 3.63) is 11.4 Å². The number of ether oxygens (including phenoxy) is 1. The second-order valence-corrected chi connectivity index (χ2v) is 3.28. The van der Waals surface area contributed by atoms with E-state index >= 15 is 0 Å². The highest BCUT2D eigenvalue weighted by atomic mass is 16.5. The van der Waals surface area contributed by atoms with Gasteiger partial charge in [-0.05, 0) is 20.8 Å². The fourth-order valence-corrected chi connectivity index (χ4v) is 1.17. The number of hydrogen-bond donors (Lipinski definition) is 1. The van der Waals surface area contributed by atoms with Crippen LogP contribution in [0, 0.1) is 13.8 Å². The molecule has 13 heavy (non-hydrogen) atoms. The summed E-state index contributed by atoms with van der Waals surface area (Å²) >= 11 is 0. The van der Waals surface area contributed by atoms with Crippen LogP contribution in [0.25, 0.3) is 0 Å². The van der Waals surface area contributed by atoms with E-state index in [4.69, 9.17) is 9.84 Å². The molecule has 0 bridgehead atoms. The van der Waals surface area contributed by atoms with E-state index in [2.05, 4.69) is 5.10 Å². The Balaban J connectivity index is 2.76. The van der Waals surface area contributed by atoms with E-state index in [1.165, 1.54) is 0 Å². The molecule has 0 aromatic carbocycles. The minimum absolute atomic E-state index is 0.313. The van der Waals surface area contributed by atoms with Crippen molar-refractivity contribution in [2.75, 3.05) is 6.61 Å². The second-order valence-electron chi connectivity index (χ2n) is 3.28. The van der Waals surface area contributed by atoms with Gasteiger partial charge < -0.3 is 9.84 Å². The maximum absolute atomic E-state index is 9.05. The van der Waals surface area contributed by atoms with Crippen molar-refractivity contribution in [3.8, 4) is 5.75 Å². The van der Waals surface area contributed by atoms with Gasteiger partial charge in [0.2, 0.25) is 0 Å². The van der Waals surface area contributed by atoms with Crippen LogP contribution in [0.3, 0.4) is 0 Å². The molecule has 0 aliphatic heterocycles. The molecule has 0 saturated carbocycles. The number of aliphatic hydroxyl groups excluding tert-OH is 1. The molecule has 1 aromatic heterocycles. The zero-order valence-corrected chi connectivity index (χ0v) is 8.53. The minimum atomic E-state index is -0.445. The maximum atomic E-state index is 9.05. The third-order valence-electron chi connectivity index (χ3n) is 1.91. The third kappa shape index (κ3) is 2.21. The Morgan fingerprint density at radius 1 is 1.54 bits per heavy atom. The molecule has 0 fully saturated rings. The Morgan fingerprint density at radius 2 is 2.15 bits per heavy atom. The van der Waals surface area contributed by atoms with E-state index in [0.717, 1.165) is 17.1 Å². The van der Waals surface area contributed by atoms with Gasteiger partial charge >= 0.3 is 0 Å². The first-order chi connectivity index (χ1) is 6.02. The Labute approximate surface area is 78.1 Å². The molecule has 0 saturated heterocycles. The first kappa shape index (κ1) is 10.1. The van der Waals surface area contributed by atoms with Crippen LogP contribution in [0.1, 0.15) is 18.3 Å². The van der Waals surface area contributed by atoms with Crippen molar-refractivity contribution >= 4 is 0 Å². The van der Waals surface area contributed by atoms with Crippen molar-refractivity contribution in [2.45, 2.75) is 26.9 Å². The van der Waals surface area contributed by atoms with Gasteiger partial charge in [0, 0.05) is 7.05 Å². The van der Waals surface area contributed by atoms with Crippen LogP contribution in [-0.2, 0) is 7.05 Å². The van der Waals surface area contributed by atoms with Crippen LogP contribution in [0.5, 0.6) is 5.75 Å². The Bertz CT molecular complexity index is 292. The van der Waals surface area contributed by atoms with Gasteiger partial charge in [0.15, 0.2) is 5.75 Å².